The van der Waals surface area contributed by atoms with Crippen molar-refractivity contribution in [3.63, 3.8) is 0 Å². The minimum atomic E-state index is -0.399. The highest BCUT2D eigenvalue weighted by Crippen LogP contribution is 2.20. The Labute approximate surface area is 177 Å². The molecular formula is C21H30ClFN4O2. The Morgan fingerprint density at radius 3 is 2.24 bits per heavy atom. The molecule has 2 amide bonds. The molecule has 2 heterocycles. The first kappa shape index (κ1) is 22.0. The van der Waals surface area contributed by atoms with Crippen LogP contribution in [0.5, 0.6) is 0 Å². The van der Waals surface area contributed by atoms with Crippen molar-refractivity contribution in [2.24, 2.45) is 0 Å². The Morgan fingerprint density at radius 2 is 1.62 bits per heavy atom. The van der Waals surface area contributed by atoms with Gasteiger partial charge in [0.15, 0.2) is 0 Å². The maximum atomic E-state index is 13.9. The molecule has 2 aliphatic heterocycles. The van der Waals surface area contributed by atoms with Gasteiger partial charge in [0.1, 0.15) is 5.82 Å². The van der Waals surface area contributed by atoms with Gasteiger partial charge in [0.25, 0.3) is 0 Å². The molecule has 1 aromatic carbocycles. The largest absolute Gasteiger partial charge is 0.342 e. The third-order valence-corrected chi connectivity index (χ3v) is 6.13. The maximum absolute atomic E-state index is 13.9. The molecule has 2 saturated heterocycles. The second-order valence-electron chi connectivity index (χ2n) is 7.94. The monoisotopic (exact) mass is 424 g/mol. The van der Waals surface area contributed by atoms with Crippen molar-refractivity contribution in [2.45, 2.75) is 25.8 Å². The Bertz CT molecular complexity index is 698. The lowest BCUT2D eigenvalue weighted by molar-refractivity contribution is -0.135. The molecule has 3 rings (SSSR count). The predicted octanol–water partition coefficient (Wildman–Crippen LogP) is 2.07. The van der Waals surface area contributed by atoms with Crippen LogP contribution < -0.4 is 0 Å². The predicted molar refractivity (Wildman–Crippen MR) is 111 cm³/mol. The molecule has 160 valence electrons. The van der Waals surface area contributed by atoms with E-state index < -0.39 is 5.82 Å². The first-order valence-corrected chi connectivity index (χ1v) is 10.7. The molecule has 0 radical (unpaired) electrons. The number of piperazine rings is 1. The van der Waals surface area contributed by atoms with E-state index in [0.717, 1.165) is 52.1 Å². The average molecular weight is 425 g/mol. The van der Waals surface area contributed by atoms with Crippen molar-refractivity contribution in [2.75, 3.05) is 59.4 Å². The molecular weight excluding hydrogens is 395 g/mol. The summed E-state index contributed by atoms with van der Waals surface area (Å²) in [6, 6.07) is 4.53. The molecule has 1 aromatic rings. The van der Waals surface area contributed by atoms with Gasteiger partial charge in [-0.3, -0.25) is 19.4 Å². The van der Waals surface area contributed by atoms with Crippen molar-refractivity contribution in [3.05, 3.63) is 34.6 Å². The van der Waals surface area contributed by atoms with Crippen LogP contribution in [-0.2, 0) is 16.1 Å². The second-order valence-corrected chi connectivity index (χ2v) is 8.35. The van der Waals surface area contributed by atoms with E-state index in [1.54, 1.807) is 19.2 Å². The topological polar surface area (TPSA) is 47.1 Å². The highest BCUT2D eigenvalue weighted by atomic mass is 35.5. The Balaban J connectivity index is 1.41. The number of benzene rings is 1. The SMILES string of the molecule is CN(Cc1c(F)cccc1Cl)C(=O)CN1CCN(CC(=O)N2CCCCC2)CC1. The van der Waals surface area contributed by atoms with E-state index in [1.807, 2.05) is 4.90 Å². The quantitative estimate of drug-likeness (QED) is 0.701. The fraction of sp³-hybridized carbons (Fsp3) is 0.619. The van der Waals surface area contributed by atoms with Crippen LogP contribution >= 0.6 is 11.6 Å². The lowest BCUT2D eigenvalue weighted by atomic mass is 10.1. The second kappa shape index (κ2) is 10.4. The van der Waals surface area contributed by atoms with Gasteiger partial charge in [-0.15, -0.1) is 0 Å². The zero-order valence-electron chi connectivity index (χ0n) is 17.1. The summed E-state index contributed by atoms with van der Waals surface area (Å²) in [4.78, 5) is 32.7. The van der Waals surface area contributed by atoms with E-state index in [9.17, 15) is 14.0 Å². The normalized spacial score (nSPS) is 18.7. The van der Waals surface area contributed by atoms with Crippen molar-refractivity contribution in [1.29, 1.82) is 0 Å². The summed E-state index contributed by atoms with van der Waals surface area (Å²) in [6.07, 6.45) is 3.43. The first-order chi connectivity index (χ1) is 13.9. The highest BCUT2D eigenvalue weighted by molar-refractivity contribution is 6.31. The Kier molecular flexibility index (Phi) is 7.86. The van der Waals surface area contributed by atoms with E-state index in [1.165, 1.54) is 17.4 Å². The summed E-state index contributed by atoms with van der Waals surface area (Å²) in [7, 11) is 1.67. The van der Waals surface area contributed by atoms with Gasteiger partial charge in [-0.25, -0.2) is 4.39 Å². The summed E-state index contributed by atoms with van der Waals surface area (Å²) in [5.41, 5.74) is 0.339. The zero-order chi connectivity index (χ0) is 20.8. The van der Waals surface area contributed by atoms with Gasteiger partial charge in [-0.05, 0) is 31.4 Å². The van der Waals surface area contributed by atoms with Gasteiger partial charge in [0, 0.05) is 63.4 Å². The van der Waals surface area contributed by atoms with Crippen molar-refractivity contribution in [3.8, 4) is 0 Å². The molecule has 2 aliphatic rings. The van der Waals surface area contributed by atoms with Crippen molar-refractivity contribution >= 4 is 23.4 Å². The summed E-state index contributed by atoms with van der Waals surface area (Å²) >= 11 is 6.06. The number of carbonyl (C=O) groups is 2. The standard InChI is InChI=1S/C21H30ClFN4O2/c1-24(14-17-18(22)6-5-7-19(17)23)20(28)15-25-10-12-26(13-11-25)16-21(29)27-8-3-2-4-9-27/h5-7H,2-4,8-16H2,1H3. The van der Waals surface area contributed by atoms with Crippen LogP contribution in [0.25, 0.3) is 0 Å². The van der Waals surface area contributed by atoms with E-state index in [0.29, 0.717) is 17.1 Å². The van der Waals surface area contributed by atoms with Crippen LogP contribution in [0.15, 0.2) is 18.2 Å². The molecule has 6 nitrogen and oxygen atoms in total. The van der Waals surface area contributed by atoms with Gasteiger partial charge in [-0.2, -0.15) is 0 Å². The van der Waals surface area contributed by atoms with Crippen LogP contribution in [0.1, 0.15) is 24.8 Å². The Hall–Kier alpha value is -1.70. The van der Waals surface area contributed by atoms with Crippen LogP contribution in [0, 0.1) is 5.82 Å². The smallest absolute Gasteiger partial charge is 0.236 e. The van der Waals surface area contributed by atoms with E-state index in [4.69, 9.17) is 11.6 Å². The molecule has 8 heteroatoms. The van der Waals surface area contributed by atoms with Crippen LogP contribution in [0.4, 0.5) is 4.39 Å². The molecule has 2 fully saturated rings. The molecule has 0 N–H and O–H groups in total. The van der Waals surface area contributed by atoms with E-state index in [-0.39, 0.29) is 24.9 Å². The van der Waals surface area contributed by atoms with E-state index in [2.05, 4.69) is 9.80 Å². The number of halogens is 2. The van der Waals surface area contributed by atoms with Crippen LogP contribution in [0.2, 0.25) is 5.02 Å². The fourth-order valence-corrected chi connectivity index (χ4v) is 4.08. The number of carbonyl (C=O) groups excluding carboxylic acids is 2. The summed E-state index contributed by atoms with van der Waals surface area (Å²) in [6.45, 7) is 5.70. The minimum absolute atomic E-state index is 0.0674. The summed E-state index contributed by atoms with van der Waals surface area (Å²) < 4.78 is 13.9. The molecule has 29 heavy (non-hydrogen) atoms. The first-order valence-electron chi connectivity index (χ1n) is 10.3. The third kappa shape index (κ3) is 6.14. The minimum Gasteiger partial charge on any atom is -0.342 e. The number of amides is 2. The molecule has 0 atom stereocenters. The number of piperidine rings is 1. The van der Waals surface area contributed by atoms with Gasteiger partial charge in [-0.1, -0.05) is 17.7 Å². The fourth-order valence-electron chi connectivity index (χ4n) is 3.86. The molecule has 0 aliphatic carbocycles. The number of likely N-dealkylation sites (tertiary alicyclic amines) is 1. The molecule has 0 aromatic heterocycles. The average Bonchev–Trinajstić information content (AvgIpc) is 2.72. The number of rotatable bonds is 6. The third-order valence-electron chi connectivity index (χ3n) is 5.77. The van der Waals surface area contributed by atoms with Gasteiger partial charge in [0.05, 0.1) is 13.1 Å². The number of hydrogen-bond donors (Lipinski definition) is 0. The van der Waals surface area contributed by atoms with Crippen LogP contribution in [0.3, 0.4) is 0 Å². The summed E-state index contributed by atoms with van der Waals surface area (Å²) in [5.74, 6) is -0.248. The molecule has 0 saturated carbocycles. The van der Waals surface area contributed by atoms with Gasteiger partial charge in [0.2, 0.25) is 11.8 Å². The maximum Gasteiger partial charge on any atom is 0.236 e. The summed E-state index contributed by atoms with van der Waals surface area (Å²) in [5, 5.41) is 0.330. The zero-order valence-corrected chi connectivity index (χ0v) is 17.8. The number of nitrogens with zero attached hydrogens (tertiary/aromatic N) is 4. The molecule has 0 bridgehead atoms. The lowest BCUT2D eigenvalue weighted by Crippen LogP contribution is -2.52. The number of likely N-dealkylation sites (N-methyl/N-ethyl adjacent to an activating group) is 1. The molecule has 0 spiro atoms. The number of hydrogen-bond acceptors (Lipinski definition) is 4. The van der Waals surface area contributed by atoms with E-state index >= 15 is 0 Å². The van der Waals surface area contributed by atoms with Gasteiger partial charge >= 0.3 is 0 Å². The van der Waals surface area contributed by atoms with Crippen molar-refractivity contribution in [1.82, 2.24) is 19.6 Å². The Morgan fingerprint density at radius 1 is 1.00 bits per heavy atom. The van der Waals surface area contributed by atoms with Crippen molar-refractivity contribution < 1.29 is 14.0 Å². The highest BCUT2D eigenvalue weighted by Gasteiger charge is 2.24. The van der Waals surface area contributed by atoms with Gasteiger partial charge < -0.3 is 9.80 Å². The molecule has 0 unspecified atom stereocenters. The van der Waals surface area contributed by atoms with Crippen LogP contribution in [-0.4, -0.2) is 90.8 Å². The lowest BCUT2D eigenvalue weighted by Gasteiger charge is -2.36.